The Hall–Kier alpha value is -3.25. The van der Waals surface area contributed by atoms with Crippen LogP contribution in [0.1, 0.15) is 10.4 Å². The lowest BCUT2D eigenvalue weighted by molar-refractivity contribution is 0.0344. The van der Waals surface area contributed by atoms with Gasteiger partial charge < -0.3 is 18.9 Å². The van der Waals surface area contributed by atoms with Crippen LogP contribution in [-0.2, 0) is 4.74 Å². The van der Waals surface area contributed by atoms with Crippen molar-refractivity contribution in [2.24, 2.45) is 0 Å². The summed E-state index contributed by atoms with van der Waals surface area (Å²) in [5, 5.41) is 0. The number of ether oxygens (including phenoxy) is 4. The van der Waals surface area contributed by atoms with Crippen LogP contribution in [0, 0.1) is 0 Å². The van der Waals surface area contributed by atoms with E-state index < -0.39 is 11.5 Å². The van der Waals surface area contributed by atoms with E-state index in [-0.39, 0.29) is 6.61 Å². The average molecular weight is 409 g/mol. The van der Waals surface area contributed by atoms with Crippen molar-refractivity contribution >= 4 is 5.97 Å². The molecule has 0 bridgehead atoms. The van der Waals surface area contributed by atoms with E-state index >= 15 is 0 Å². The van der Waals surface area contributed by atoms with Crippen LogP contribution in [0.5, 0.6) is 17.2 Å². The zero-order chi connectivity index (χ0) is 21.7. The fourth-order valence-electron chi connectivity index (χ4n) is 3.60. The second kappa shape index (κ2) is 9.05. The van der Waals surface area contributed by atoms with Gasteiger partial charge in [0, 0.05) is 0 Å². The van der Waals surface area contributed by atoms with Gasteiger partial charge >= 0.3 is 5.97 Å². The van der Waals surface area contributed by atoms with Crippen LogP contribution in [0.4, 0.5) is 0 Å². The summed E-state index contributed by atoms with van der Waals surface area (Å²) < 4.78 is 21.8. The fraction of sp³-hybridized carbons (Fsp3) is 0.292. The molecule has 2 aliphatic rings. The molecule has 0 spiro atoms. The lowest BCUT2D eigenvalue weighted by atomic mass is 9.80. The van der Waals surface area contributed by atoms with Crippen LogP contribution >= 0.6 is 0 Å². The predicted octanol–water partition coefficient (Wildman–Crippen LogP) is 3.72. The van der Waals surface area contributed by atoms with E-state index in [1.165, 1.54) is 21.3 Å². The molecule has 158 valence electrons. The molecule has 0 amide bonds. The largest absolute Gasteiger partial charge is 0.493 e. The van der Waals surface area contributed by atoms with Crippen LogP contribution in [-0.4, -0.2) is 58.4 Å². The number of allylic oxidation sites excluding steroid dienone is 7. The van der Waals surface area contributed by atoms with E-state index in [1.807, 2.05) is 38.4 Å². The summed E-state index contributed by atoms with van der Waals surface area (Å²) in [7, 11) is 8.48. The standard InChI is InChI=1S/C24H27NO5/c1-25(2)24(13-9-11-17-10-7-6-8-12-19(17)24)16-30-23(26)18-14-20(27-3)22(29-5)21(15-18)28-4/h6-15H,16H2,1-5H3. The summed E-state index contributed by atoms with van der Waals surface area (Å²) in [6.45, 7) is 0.150. The molecule has 0 aliphatic heterocycles. The van der Waals surface area contributed by atoms with Crippen molar-refractivity contribution in [3.63, 3.8) is 0 Å². The maximum Gasteiger partial charge on any atom is 0.338 e. The Morgan fingerprint density at radius 1 is 0.933 bits per heavy atom. The average Bonchev–Trinajstić information content (AvgIpc) is 3.02. The Labute approximate surface area is 177 Å². The molecule has 6 heteroatoms. The Balaban J connectivity index is 1.90. The third-order valence-electron chi connectivity index (χ3n) is 5.31. The van der Waals surface area contributed by atoms with E-state index in [2.05, 4.69) is 29.2 Å². The van der Waals surface area contributed by atoms with Gasteiger partial charge in [0.2, 0.25) is 5.75 Å². The smallest absolute Gasteiger partial charge is 0.338 e. The van der Waals surface area contributed by atoms with E-state index in [0.717, 1.165) is 11.1 Å². The molecular weight excluding hydrogens is 382 g/mol. The van der Waals surface area contributed by atoms with Gasteiger partial charge in [-0.25, -0.2) is 4.79 Å². The van der Waals surface area contributed by atoms with Crippen molar-refractivity contribution in [3.05, 3.63) is 77.5 Å². The highest BCUT2D eigenvalue weighted by atomic mass is 16.5. The SMILES string of the molecule is COc1cc(C(=O)OCC2(N(C)C)C=CC=C3C=CC=CC=C32)cc(OC)c1OC. The zero-order valence-corrected chi connectivity index (χ0v) is 18.0. The highest BCUT2D eigenvalue weighted by Crippen LogP contribution is 2.39. The van der Waals surface area contributed by atoms with Gasteiger partial charge in [-0.05, 0) is 37.4 Å². The lowest BCUT2D eigenvalue weighted by Gasteiger charge is -2.41. The third-order valence-corrected chi connectivity index (χ3v) is 5.31. The second-order valence-electron chi connectivity index (χ2n) is 7.11. The van der Waals surface area contributed by atoms with Gasteiger partial charge in [0.15, 0.2) is 11.5 Å². The van der Waals surface area contributed by atoms with Gasteiger partial charge in [0.05, 0.1) is 32.4 Å². The van der Waals surface area contributed by atoms with E-state index in [4.69, 9.17) is 18.9 Å². The molecule has 0 radical (unpaired) electrons. The molecule has 0 saturated carbocycles. The number of benzene rings is 1. The number of rotatable bonds is 7. The number of methoxy groups -OCH3 is 3. The number of hydrogen-bond acceptors (Lipinski definition) is 6. The highest BCUT2D eigenvalue weighted by Gasteiger charge is 2.38. The molecule has 0 fully saturated rings. The molecular formula is C24H27NO5. The summed E-state index contributed by atoms with van der Waals surface area (Å²) in [5.41, 5.74) is 1.89. The first kappa shape index (κ1) is 21.5. The van der Waals surface area contributed by atoms with Crippen LogP contribution in [0.3, 0.4) is 0 Å². The molecule has 0 aromatic heterocycles. The van der Waals surface area contributed by atoms with Crippen LogP contribution in [0.2, 0.25) is 0 Å². The lowest BCUT2D eigenvalue weighted by Crippen LogP contribution is -2.49. The van der Waals surface area contributed by atoms with Crippen molar-refractivity contribution in [3.8, 4) is 17.2 Å². The van der Waals surface area contributed by atoms with Gasteiger partial charge in [0.1, 0.15) is 6.61 Å². The third kappa shape index (κ3) is 3.91. The van der Waals surface area contributed by atoms with Gasteiger partial charge in [0.25, 0.3) is 0 Å². The molecule has 1 aromatic rings. The first-order valence-corrected chi connectivity index (χ1v) is 9.57. The van der Waals surface area contributed by atoms with Crippen LogP contribution in [0.25, 0.3) is 0 Å². The maximum atomic E-state index is 12.9. The first-order chi connectivity index (χ1) is 14.5. The number of carbonyl (C=O) groups excluding carboxylic acids is 1. The van der Waals surface area contributed by atoms with Gasteiger partial charge in [-0.2, -0.15) is 0 Å². The van der Waals surface area contributed by atoms with Crippen molar-refractivity contribution in [1.82, 2.24) is 4.90 Å². The number of nitrogens with zero attached hydrogens (tertiary/aromatic N) is 1. The summed E-state index contributed by atoms with van der Waals surface area (Å²) >= 11 is 0. The molecule has 0 N–H and O–H groups in total. The Morgan fingerprint density at radius 2 is 1.63 bits per heavy atom. The summed E-state index contributed by atoms with van der Waals surface area (Å²) in [5.74, 6) is 0.750. The second-order valence-corrected chi connectivity index (χ2v) is 7.11. The molecule has 1 aromatic carbocycles. The van der Waals surface area contributed by atoms with Gasteiger partial charge in [-0.3, -0.25) is 4.90 Å². The molecule has 0 saturated heterocycles. The van der Waals surface area contributed by atoms with E-state index in [1.54, 1.807) is 12.1 Å². The van der Waals surface area contributed by atoms with Crippen molar-refractivity contribution in [1.29, 1.82) is 0 Å². The minimum Gasteiger partial charge on any atom is -0.493 e. The van der Waals surface area contributed by atoms with Gasteiger partial charge in [-0.15, -0.1) is 0 Å². The minimum atomic E-state index is -0.584. The van der Waals surface area contributed by atoms with E-state index in [9.17, 15) is 4.79 Å². The van der Waals surface area contributed by atoms with Crippen LogP contribution < -0.4 is 14.2 Å². The zero-order valence-electron chi connectivity index (χ0n) is 18.0. The molecule has 3 rings (SSSR count). The number of carbonyl (C=O) groups is 1. The predicted molar refractivity (Wildman–Crippen MR) is 116 cm³/mol. The Bertz CT molecular complexity index is 943. The number of hydrogen-bond donors (Lipinski definition) is 0. The molecule has 30 heavy (non-hydrogen) atoms. The summed E-state index contributed by atoms with van der Waals surface area (Å²) in [6.07, 6.45) is 16.2. The number of esters is 1. The first-order valence-electron chi connectivity index (χ1n) is 9.57. The van der Waals surface area contributed by atoms with Gasteiger partial charge in [-0.1, -0.05) is 48.6 Å². The summed E-state index contributed by atoms with van der Waals surface area (Å²) in [4.78, 5) is 15.0. The summed E-state index contributed by atoms with van der Waals surface area (Å²) in [6, 6.07) is 3.18. The molecule has 1 atom stereocenters. The molecule has 1 unspecified atom stereocenters. The molecule has 6 nitrogen and oxygen atoms in total. The molecule has 2 aliphatic carbocycles. The quantitative estimate of drug-likeness (QED) is 0.640. The van der Waals surface area contributed by atoms with E-state index in [0.29, 0.717) is 22.8 Å². The van der Waals surface area contributed by atoms with Crippen molar-refractivity contribution in [2.75, 3.05) is 42.0 Å². The van der Waals surface area contributed by atoms with Crippen molar-refractivity contribution < 1.29 is 23.7 Å². The monoisotopic (exact) mass is 409 g/mol. The maximum absolute atomic E-state index is 12.9. The minimum absolute atomic E-state index is 0.150. The number of likely N-dealkylation sites (N-methyl/N-ethyl adjacent to an activating group) is 1. The Morgan fingerprint density at radius 3 is 2.23 bits per heavy atom. The number of fused-ring (bicyclic) bond motifs is 1. The topological polar surface area (TPSA) is 57.2 Å². The highest BCUT2D eigenvalue weighted by molar-refractivity contribution is 5.91. The molecule has 0 heterocycles. The Kier molecular flexibility index (Phi) is 6.47. The fourth-order valence-corrected chi connectivity index (χ4v) is 3.60. The van der Waals surface area contributed by atoms with Crippen molar-refractivity contribution in [2.45, 2.75) is 5.54 Å². The normalized spacial score (nSPS) is 19.5. The van der Waals surface area contributed by atoms with Crippen LogP contribution in [0.15, 0.2) is 71.9 Å².